The van der Waals surface area contributed by atoms with Crippen LogP contribution in [0.15, 0.2) is 28.1 Å². The minimum atomic E-state index is -0.267. The van der Waals surface area contributed by atoms with Gasteiger partial charge < -0.3 is 0 Å². The lowest BCUT2D eigenvalue weighted by Crippen LogP contribution is -1.83. The van der Waals surface area contributed by atoms with Crippen molar-refractivity contribution in [1.29, 1.82) is 5.26 Å². The Kier molecular flexibility index (Phi) is 3.32. The van der Waals surface area contributed by atoms with Gasteiger partial charge >= 0.3 is 0 Å². The highest BCUT2D eigenvalue weighted by atomic mass is 79.9. The van der Waals surface area contributed by atoms with Crippen molar-refractivity contribution >= 4 is 27.3 Å². The number of nitriles is 1. The summed E-state index contributed by atoms with van der Waals surface area (Å²) in [5.41, 5.74) is 1.59. The first-order valence-electron chi connectivity index (χ1n) is 4.49. The quantitative estimate of drug-likeness (QED) is 0.846. The lowest BCUT2D eigenvalue weighted by atomic mass is 10.2. The fraction of sp³-hybridized carbons (Fsp3) is 0.0909. The Morgan fingerprint density at radius 1 is 1.38 bits per heavy atom. The maximum Gasteiger partial charge on any atom is 0.124 e. The molecule has 16 heavy (non-hydrogen) atoms. The van der Waals surface area contributed by atoms with E-state index in [9.17, 15) is 4.39 Å². The Labute approximate surface area is 105 Å². The van der Waals surface area contributed by atoms with Crippen LogP contribution in [0.1, 0.15) is 5.69 Å². The smallest absolute Gasteiger partial charge is 0.124 e. The van der Waals surface area contributed by atoms with Gasteiger partial charge in [0.15, 0.2) is 0 Å². The van der Waals surface area contributed by atoms with Crippen molar-refractivity contribution in [2.24, 2.45) is 0 Å². The second kappa shape index (κ2) is 4.73. The summed E-state index contributed by atoms with van der Waals surface area (Å²) in [4.78, 5) is 4.33. The average molecular weight is 297 g/mol. The Hall–Kier alpha value is -1.25. The molecule has 0 N–H and O–H groups in total. The van der Waals surface area contributed by atoms with Gasteiger partial charge in [-0.3, -0.25) is 0 Å². The van der Waals surface area contributed by atoms with E-state index in [4.69, 9.17) is 5.26 Å². The summed E-state index contributed by atoms with van der Waals surface area (Å²) in [6, 6.07) is 8.20. The highest BCUT2D eigenvalue weighted by Crippen LogP contribution is 2.32. The molecule has 0 saturated heterocycles. The van der Waals surface area contributed by atoms with Crippen molar-refractivity contribution in [2.45, 2.75) is 6.42 Å². The van der Waals surface area contributed by atoms with Crippen molar-refractivity contribution in [1.82, 2.24) is 4.98 Å². The lowest BCUT2D eigenvalue weighted by molar-refractivity contribution is 0.628. The van der Waals surface area contributed by atoms with Gasteiger partial charge in [-0.25, -0.2) is 9.37 Å². The van der Waals surface area contributed by atoms with Crippen molar-refractivity contribution < 1.29 is 4.39 Å². The van der Waals surface area contributed by atoms with Crippen LogP contribution in [-0.4, -0.2) is 4.98 Å². The number of aromatic nitrogens is 1. The summed E-state index contributed by atoms with van der Waals surface area (Å²) in [5.74, 6) is -0.267. The lowest BCUT2D eigenvalue weighted by Gasteiger charge is -1.94. The van der Waals surface area contributed by atoms with Crippen LogP contribution in [0, 0.1) is 17.1 Å². The predicted octanol–water partition coefficient (Wildman–Crippen LogP) is 3.78. The van der Waals surface area contributed by atoms with Crippen molar-refractivity contribution in [3.8, 4) is 16.6 Å². The van der Waals surface area contributed by atoms with Gasteiger partial charge in [-0.2, -0.15) is 5.26 Å². The molecule has 0 spiro atoms. The fourth-order valence-electron chi connectivity index (χ4n) is 1.23. The van der Waals surface area contributed by atoms with Crippen LogP contribution in [0.2, 0.25) is 0 Å². The molecule has 2 rings (SSSR count). The fourth-order valence-corrected chi connectivity index (χ4v) is 2.74. The molecule has 5 heteroatoms. The van der Waals surface area contributed by atoms with Crippen molar-refractivity contribution in [3.05, 3.63) is 39.6 Å². The maximum atomic E-state index is 12.7. The number of thiazole rings is 1. The normalized spacial score (nSPS) is 10.1. The molecule has 0 fully saturated rings. The molecule has 0 unspecified atom stereocenters. The highest BCUT2D eigenvalue weighted by Gasteiger charge is 2.10. The third-order valence-electron chi connectivity index (χ3n) is 1.99. The molecule has 0 aliphatic rings. The number of hydrogen-bond acceptors (Lipinski definition) is 3. The topological polar surface area (TPSA) is 36.7 Å². The monoisotopic (exact) mass is 296 g/mol. The van der Waals surface area contributed by atoms with Gasteiger partial charge in [0.2, 0.25) is 0 Å². The van der Waals surface area contributed by atoms with Crippen LogP contribution in [-0.2, 0) is 6.42 Å². The predicted molar refractivity (Wildman–Crippen MR) is 64.5 cm³/mol. The van der Waals surface area contributed by atoms with Crippen LogP contribution in [0.5, 0.6) is 0 Å². The number of benzene rings is 1. The molecule has 0 atom stereocenters. The summed E-state index contributed by atoms with van der Waals surface area (Å²) in [7, 11) is 0. The van der Waals surface area contributed by atoms with Gasteiger partial charge in [0.1, 0.15) is 10.8 Å². The summed E-state index contributed by atoms with van der Waals surface area (Å²) in [6.45, 7) is 0. The second-order valence-electron chi connectivity index (χ2n) is 3.08. The van der Waals surface area contributed by atoms with Crippen LogP contribution in [0.3, 0.4) is 0 Å². The highest BCUT2D eigenvalue weighted by molar-refractivity contribution is 9.11. The molecule has 1 aromatic heterocycles. The number of rotatable bonds is 2. The minimum Gasteiger partial charge on any atom is -0.239 e. The average Bonchev–Trinajstić information content (AvgIpc) is 2.62. The van der Waals surface area contributed by atoms with E-state index in [1.165, 1.54) is 23.5 Å². The van der Waals surface area contributed by atoms with Gasteiger partial charge in [-0.1, -0.05) is 0 Å². The molecule has 0 saturated carbocycles. The summed E-state index contributed by atoms with van der Waals surface area (Å²) in [6.07, 6.45) is 0.276. The maximum absolute atomic E-state index is 12.7. The molecule has 80 valence electrons. The summed E-state index contributed by atoms with van der Waals surface area (Å²) in [5, 5.41) is 9.39. The minimum absolute atomic E-state index is 0.267. The van der Waals surface area contributed by atoms with E-state index in [1.807, 2.05) is 0 Å². The molecule has 1 heterocycles. The molecular formula is C11H6BrFN2S. The summed E-state index contributed by atoms with van der Waals surface area (Å²) < 4.78 is 13.6. The number of hydrogen-bond donors (Lipinski definition) is 0. The van der Waals surface area contributed by atoms with E-state index in [1.54, 1.807) is 12.1 Å². The number of halogens is 2. The first-order chi connectivity index (χ1) is 7.70. The SMILES string of the molecule is N#CCc1nc(-c2ccc(F)cc2)sc1Br. The van der Waals surface area contributed by atoms with Gasteiger partial charge in [0.05, 0.1) is 22.0 Å². The zero-order valence-corrected chi connectivity index (χ0v) is 10.5. The number of nitrogens with zero attached hydrogens (tertiary/aromatic N) is 2. The van der Waals surface area contributed by atoms with E-state index in [-0.39, 0.29) is 12.2 Å². The molecule has 0 bridgehead atoms. The molecule has 2 aromatic rings. The standard InChI is InChI=1S/C11H6BrFN2S/c12-10-9(5-6-14)15-11(16-10)7-1-3-8(13)4-2-7/h1-4H,5H2. The van der Waals surface area contributed by atoms with Gasteiger partial charge in [0, 0.05) is 5.56 Å². The molecule has 1 aromatic carbocycles. The van der Waals surface area contributed by atoms with Crippen LogP contribution in [0.4, 0.5) is 4.39 Å². The zero-order chi connectivity index (χ0) is 11.5. The molecule has 0 radical (unpaired) electrons. The first kappa shape index (κ1) is 11.2. The van der Waals surface area contributed by atoms with Crippen molar-refractivity contribution in [2.75, 3.05) is 0 Å². The second-order valence-corrected chi connectivity index (χ2v) is 5.40. The van der Waals surface area contributed by atoms with Gasteiger partial charge in [0.25, 0.3) is 0 Å². The van der Waals surface area contributed by atoms with Crippen LogP contribution < -0.4 is 0 Å². The zero-order valence-electron chi connectivity index (χ0n) is 8.08. The first-order valence-corrected chi connectivity index (χ1v) is 6.10. The Morgan fingerprint density at radius 3 is 2.69 bits per heavy atom. The van der Waals surface area contributed by atoms with Gasteiger partial charge in [-0.15, -0.1) is 11.3 Å². The van der Waals surface area contributed by atoms with E-state index < -0.39 is 0 Å². The third-order valence-corrected chi connectivity index (χ3v) is 3.87. The Morgan fingerprint density at radius 2 is 2.06 bits per heavy atom. The largest absolute Gasteiger partial charge is 0.239 e. The third kappa shape index (κ3) is 2.29. The van der Waals surface area contributed by atoms with E-state index >= 15 is 0 Å². The van der Waals surface area contributed by atoms with Crippen LogP contribution in [0.25, 0.3) is 10.6 Å². The van der Waals surface area contributed by atoms with E-state index in [0.29, 0.717) is 0 Å². The summed E-state index contributed by atoms with van der Waals surface area (Å²) >= 11 is 4.81. The van der Waals surface area contributed by atoms with E-state index in [2.05, 4.69) is 27.0 Å². The van der Waals surface area contributed by atoms with Crippen molar-refractivity contribution in [3.63, 3.8) is 0 Å². The molecular weight excluding hydrogens is 291 g/mol. The van der Waals surface area contributed by atoms with Gasteiger partial charge in [-0.05, 0) is 40.2 Å². The Bertz CT molecular complexity index is 542. The molecule has 0 amide bonds. The van der Waals surface area contributed by atoms with Crippen LogP contribution >= 0.6 is 27.3 Å². The van der Waals surface area contributed by atoms with E-state index in [0.717, 1.165) is 20.1 Å². The molecule has 0 aliphatic carbocycles. The molecule has 0 aliphatic heterocycles. The molecule has 2 nitrogen and oxygen atoms in total. The Balaban J connectivity index is 2.38.